The van der Waals surface area contributed by atoms with Crippen LogP contribution >= 0.6 is 27.3 Å². The van der Waals surface area contributed by atoms with Crippen molar-refractivity contribution in [2.24, 2.45) is 0 Å². The van der Waals surface area contributed by atoms with E-state index in [1.807, 2.05) is 0 Å². The number of anilines is 1. The molecule has 0 aromatic carbocycles. The lowest BCUT2D eigenvalue weighted by atomic mass is 10.6. The van der Waals surface area contributed by atoms with Crippen LogP contribution in [0.4, 0.5) is 18.3 Å². The second-order valence-electron chi connectivity index (χ2n) is 2.57. The van der Waals surface area contributed by atoms with Gasteiger partial charge in [0.1, 0.15) is 11.2 Å². The number of ether oxygens (including phenoxy) is 1. The van der Waals surface area contributed by atoms with Gasteiger partial charge in [-0.3, -0.25) is 0 Å². The smallest absolute Gasteiger partial charge is 0.370 e. The monoisotopic (exact) mass is 304 g/mol. The summed E-state index contributed by atoms with van der Waals surface area (Å²) in [6, 6.07) is 0. The molecule has 0 amide bonds. The van der Waals surface area contributed by atoms with Gasteiger partial charge in [-0.1, -0.05) is 0 Å². The predicted octanol–water partition coefficient (Wildman–Crippen LogP) is 2.90. The van der Waals surface area contributed by atoms with E-state index in [2.05, 4.69) is 31.0 Å². The van der Waals surface area contributed by atoms with Gasteiger partial charge >= 0.3 is 6.18 Å². The highest BCUT2D eigenvalue weighted by atomic mass is 79.9. The number of aromatic nitrogens is 1. The third-order valence-corrected chi connectivity index (χ3v) is 2.77. The van der Waals surface area contributed by atoms with Gasteiger partial charge in [0.2, 0.25) is 0 Å². The van der Waals surface area contributed by atoms with E-state index in [0.717, 1.165) is 0 Å². The lowest BCUT2D eigenvalue weighted by Gasteiger charge is -2.07. The van der Waals surface area contributed by atoms with Crippen molar-refractivity contribution in [1.82, 2.24) is 4.98 Å². The van der Waals surface area contributed by atoms with Crippen LogP contribution in [0.3, 0.4) is 0 Å². The molecule has 0 saturated heterocycles. The van der Waals surface area contributed by atoms with E-state index in [1.165, 1.54) is 11.3 Å². The van der Waals surface area contributed by atoms with Gasteiger partial charge in [0.25, 0.3) is 0 Å². The van der Waals surface area contributed by atoms with Crippen molar-refractivity contribution in [3.8, 4) is 0 Å². The minimum atomic E-state index is -4.26. The van der Waals surface area contributed by atoms with E-state index in [1.54, 1.807) is 5.38 Å². The number of nitrogens with one attached hydrogen (secondary N) is 1. The highest BCUT2D eigenvalue weighted by Gasteiger charge is 2.27. The van der Waals surface area contributed by atoms with Crippen LogP contribution in [0.15, 0.2) is 9.98 Å². The van der Waals surface area contributed by atoms with Crippen molar-refractivity contribution < 1.29 is 17.9 Å². The standard InChI is InChI=1S/C7H8BrF3N2OS/c8-5-3-15-6(13-5)12-1-2-14-4-7(9,10)11/h3H,1-2,4H2,(H,12,13). The summed E-state index contributed by atoms with van der Waals surface area (Å²) in [4.78, 5) is 4.00. The summed E-state index contributed by atoms with van der Waals surface area (Å²) in [7, 11) is 0. The first-order valence-electron chi connectivity index (χ1n) is 3.97. The summed E-state index contributed by atoms with van der Waals surface area (Å²) >= 11 is 4.53. The Balaban J connectivity index is 2.07. The molecule has 0 radical (unpaired) electrons. The fourth-order valence-electron chi connectivity index (χ4n) is 0.753. The minimum Gasteiger partial charge on any atom is -0.370 e. The number of hydrogen-bond donors (Lipinski definition) is 1. The van der Waals surface area contributed by atoms with Gasteiger partial charge in [-0.25, -0.2) is 4.98 Å². The van der Waals surface area contributed by atoms with Crippen LogP contribution in [-0.2, 0) is 4.74 Å². The fraction of sp³-hybridized carbons (Fsp3) is 0.571. The molecule has 0 aliphatic rings. The van der Waals surface area contributed by atoms with E-state index in [9.17, 15) is 13.2 Å². The van der Waals surface area contributed by atoms with E-state index < -0.39 is 12.8 Å². The average molecular weight is 305 g/mol. The fourth-order valence-corrected chi connectivity index (χ4v) is 1.93. The van der Waals surface area contributed by atoms with Crippen LogP contribution in [0.1, 0.15) is 0 Å². The number of halogens is 4. The Kier molecular flexibility index (Phi) is 4.81. The lowest BCUT2D eigenvalue weighted by molar-refractivity contribution is -0.172. The van der Waals surface area contributed by atoms with Crippen molar-refractivity contribution in [2.75, 3.05) is 25.1 Å². The number of nitrogens with zero attached hydrogens (tertiary/aromatic N) is 1. The maximum atomic E-state index is 11.6. The van der Waals surface area contributed by atoms with Crippen LogP contribution in [0.2, 0.25) is 0 Å². The molecule has 0 atom stereocenters. The molecule has 0 aliphatic heterocycles. The SMILES string of the molecule is FC(F)(F)COCCNc1nc(Br)cs1. The zero-order valence-corrected chi connectivity index (χ0v) is 9.88. The Morgan fingerprint density at radius 1 is 1.53 bits per heavy atom. The third-order valence-electron chi connectivity index (χ3n) is 1.26. The van der Waals surface area contributed by atoms with Crippen LogP contribution in [0, 0.1) is 0 Å². The zero-order valence-electron chi connectivity index (χ0n) is 7.47. The summed E-state index contributed by atoms with van der Waals surface area (Å²) in [6.45, 7) is -0.914. The average Bonchev–Trinajstić information content (AvgIpc) is 2.49. The van der Waals surface area contributed by atoms with Gasteiger partial charge in [-0.05, 0) is 15.9 Å². The third kappa shape index (κ3) is 5.95. The molecule has 15 heavy (non-hydrogen) atoms. The highest BCUT2D eigenvalue weighted by molar-refractivity contribution is 9.10. The van der Waals surface area contributed by atoms with Gasteiger partial charge in [0.15, 0.2) is 5.13 Å². The summed E-state index contributed by atoms with van der Waals surface area (Å²) in [5.74, 6) is 0. The largest absolute Gasteiger partial charge is 0.411 e. The molecule has 3 nitrogen and oxygen atoms in total. The van der Waals surface area contributed by atoms with Crippen LogP contribution in [0.5, 0.6) is 0 Å². The summed E-state index contributed by atoms with van der Waals surface area (Å²) < 4.78 is 40.0. The summed E-state index contributed by atoms with van der Waals surface area (Å²) in [6.07, 6.45) is -4.26. The van der Waals surface area contributed by atoms with Gasteiger partial charge in [0.05, 0.1) is 6.61 Å². The first kappa shape index (κ1) is 12.7. The van der Waals surface area contributed by atoms with Gasteiger partial charge < -0.3 is 10.1 Å². The quantitative estimate of drug-likeness (QED) is 0.849. The normalized spacial score (nSPS) is 11.7. The van der Waals surface area contributed by atoms with Crippen molar-refractivity contribution in [1.29, 1.82) is 0 Å². The van der Waals surface area contributed by atoms with Gasteiger partial charge in [-0.15, -0.1) is 11.3 Å². The molecule has 1 rings (SSSR count). The maximum Gasteiger partial charge on any atom is 0.411 e. The molecule has 8 heteroatoms. The second kappa shape index (κ2) is 5.66. The minimum absolute atomic E-state index is 0.00326. The van der Waals surface area contributed by atoms with Crippen molar-refractivity contribution in [3.63, 3.8) is 0 Å². The number of alkyl halides is 3. The van der Waals surface area contributed by atoms with E-state index in [4.69, 9.17) is 0 Å². The first-order valence-corrected chi connectivity index (χ1v) is 5.64. The Labute approximate surface area is 96.8 Å². The van der Waals surface area contributed by atoms with Gasteiger partial charge in [-0.2, -0.15) is 13.2 Å². The van der Waals surface area contributed by atoms with Crippen molar-refractivity contribution in [2.45, 2.75) is 6.18 Å². The van der Waals surface area contributed by atoms with Crippen LogP contribution in [-0.4, -0.2) is 30.9 Å². The Bertz CT molecular complexity index is 305. The number of rotatable bonds is 5. The molecule has 0 spiro atoms. The topological polar surface area (TPSA) is 34.1 Å². The van der Waals surface area contributed by atoms with E-state index in [0.29, 0.717) is 16.3 Å². The molecule has 1 N–H and O–H groups in total. The van der Waals surface area contributed by atoms with Crippen LogP contribution < -0.4 is 5.32 Å². The molecule has 1 aromatic rings. The molecule has 0 bridgehead atoms. The van der Waals surface area contributed by atoms with Crippen molar-refractivity contribution >= 4 is 32.4 Å². The Morgan fingerprint density at radius 2 is 2.27 bits per heavy atom. The predicted molar refractivity (Wildman–Crippen MR) is 55.2 cm³/mol. The summed E-state index contributed by atoms with van der Waals surface area (Å²) in [5.41, 5.74) is 0. The molecular weight excluding hydrogens is 297 g/mol. The molecule has 0 aliphatic carbocycles. The summed E-state index contributed by atoms with van der Waals surface area (Å²) in [5, 5.41) is 5.26. The van der Waals surface area contributed by atoms with E-state index >= 15 is 0 Å². The number of hydrogen-bond acceptors (Lipinski definition) is 4. The molecule has 1 aromatic heterocycles. The maximum absolute atomic E-state index is 11.6. The zero-order chi connectivity index (χ0) is 11.3. The highest BCUT2D eigenvalue weighted by Crippen LogP contribution is 2.19. The molecule has 1 heterocycles. The molecular formula is C7H8BrF3N2OS. The Morgan fingerprint density at radius 3 is 2.80 bits per heavy atom. The van der Waals surface area contributed by atoms with Gasteiger partial charge in [0, 0.05) is 11.9 Å². The Hall–Kier alpha value is -0.340. The van der Waals surface area contributed by atoms with Crippen molar-refractivity contribution in [3.05, 3.63) is 9.98 Å². The second-order valence-corrected chi connectivity index (χ2v) is 4.24. The molecule has 86 valence electrons. The number of thiazole rings is 1. The molecule has 0 fully saturated rings. The molecule has 0 unspecified atom stereocenters. The van der Waals surface area contributed by atoms with E-state index in [-0.39, 0.29) is 6.61 Å². The first-order chi connectivity index (χ1) is 6.97. The lowest BCUT2D eigenvalue weighted by Crippen LogP contribution is -2.20. The van der Waals surface area contributed by atoms with Crippen LogP contribution in [0.25, 0.3) is 0 Å². The molecule has 0 saturated carbocycles.